The van der Waals surface area contributed by atoms with E-state index in [1.807, 2.05) is 11.3 Å². The van der Waals surface area contributed by atoms with Crippen LogP contribution in [0.15, 0.2) is 15.9 Å². The number of hydrogen-bond donors (Lipinski definition) is 1. The predicted octanol–water partition coefficient (Wildman–Crippen LogP) is 5.64. The van der Waals surface area contributed by atoms with Gasteiger partial charge in [-0.05, 0) is 72.5 Å². The maximum atomic E-state index is 3.80. The van der Waals surface area contributed by atoms with Gasteiger partial charge >= 0.3 is 0 Å². The van der Waals surface area contributed by atoms with Crippen LogP contribution in [0.5, 0.6) is 0 Å². The minimum absolute atomic E-state index is 0.740. The molecule has 2 rings (SSSR count). The van der Waals surface area contributed by atoms with E-state index in [2.05, 4.69) is 46.5 Å². The molecule has 1 nitrogen and oxygen atoms in total. The van der Waals surface area contributed by atoms with Crippen molar-refractivity contribution in [2.24, 2.45) is 11.8 Å². The van der Waals surface area contributed by atoms with Crippen LogP contribution in [0.1, 0.15) is 57.2 Å². The second-order valence-corrected chi connectivity index (χ2v) is 8.14. The summed E-state index contributed by atoms with van der Waals surface area (Å²) in [6.07, 6.45) is 9.50. The number of rotatable bonds is 7. The van der Waals surface area contributed by atoms with Crippen LogP contribution in [0.2, 0.25) is 0 Å². The second-order valence-electron chi connectivity index (χ2n) is 6.22. The Bertz CT molecular complexity index is 390. The van der Waals surface area contributed by atoms with Crippen molar-refractivity contribution in [2.75, 3.05) is 6.54 Å². The Morgan fingerprint density at radius 2 is 2.15 bits per heavy atom. The lowest BCUT2D eigenvalue weighted by molar-refractivity contribution is 0.194. The first kappa shape index (κ1) is 16.5. The van der Waals surface area contributed by atoms with Crippen LogP contribution in [0.3, 0.4) is 0 Å². The van der Waals surface area contributed by atoms with Crippen LogP contribution in [0.4, 0.5) is 0 Å². The third kappa shape index (κ3) is 4.85. The molecule has 0 radical (unpaired) electrons. The molecule has 0 spiro atoms. The SMILES string of the molecule is CCCNC1CCC(CCC)CC1Cc1cc(Br)cs1. The summed E-state index contributed by atoms with van der Waals surface area (Å²) in [7, 11) is 0. The molecule has 1 aliphatic carbocycles. The summed E-state index contributed by atoms with van der Waals surface area (Å²) in [5.74, 6) is 1.80. The number of halogens is 1. The molecule has 0 aliphatic heterocycles. The van der Waals surface area contributed by atoms with Crippen molar-refractivity contribution < 1.29 is 0 Å². The zero-order chi connectivity index (χ0) is 14.4. The van der Waals surface area contributed by atoms with E-state index in [1.54, 1.807) is 4.88 Å². The highest BCUT2D eigenvalue weighted by atomic mass is 79.9. The van der Waals surface area contributed by atoms with Crippen molar-refractivity contribution in [3.63, 3.8) is 0 Å². The van der Waals surface area contributed by atoms with Gasteiger partial charge in [-0.1, -0.05) is 26.7 Å². The predicted molar refractivity (Wildman–Crippen MR) is 93.5 cm³/mol. The Morgan fingerprint density at radius 3 is 2.80 bits per heavy atom. The van der Waals surface area contributed by atoms with Crippen LogP contribution in [-0.2, 0) is 6.42 Å². The van der Waals surface area contributed by atoms with Gasteiger partial charge in [-0.2, -0.15) is 0 Å². The van der Waals surface area contributed by atoms with E-state index in [1.165, 1.54) is 56.0 Å². The molecule has 3 atom stereocenters. The second kappa shape index (κ2) is 8.55. The van der Waals surface area contributed by atoms with Gasteiger partial charge in [0.15, 0.2) is 0 Å². The Hall–Kier alpha value is 0.140. The first-order valence-electron chi connectivity index (χ1n) is 8.19. The topological polar surface area (TPSA) is 12.0 Å². The summed E-state index contributed by atoms with van der Waals surface area (Å²) >= 11 is 5.49. The monoisotopic (exact) mass is 357 g/mol. The third-order valence-corrected chi connectivity index (χ3v) is 6.25. The molecule has 0 amide bonds. The van der Waals surface area contributed by atoms with Crippen molar-refractivity contribution in [3.05, 3.63) is 20.8 Å². The van der Waals surface area contributed by atoms with E-state index in [9.17, 15) is 0 Å². The van der Waals surface area contributed by atoms with E-state index in [0.717, 1.165) is 17.9 Å². The molecule has 0 aromatic carbocycles. The molecule has 20 heavy (non-hydrogen) atoms. The highest BCUT2D eigenvalue weighted by Gasteiger charge is 2.29. The Balaban J connectivity index is 1.96. The molecule has 1 N–H and O–H groups in total. The minimum Gasteiger partial charge on any atom is -0.314 e. The molecule has 3 unspecified atom stereocenters. The zero-order valence-corrected chi connectivity index (χ0v) is 15.2. The van der Waals surface area contributed by atoms with Gasteiger partial charge in [-0.3, -0.25) is 0 Å². The molecule has 3 heteroatoms. The van der Waals surface area contributed by atoms with Gasteiger partial charge in [-0.15, -0.1) is 11.3 Å². The number of hydrogen-bond acceptors (Lipinski definition) is 2. The highest BCUT2D eigenvalue weighted by Crippen LogP contribution is 2.35. The van der Waals surface area contributed by atoms with Gasteiger partial charge in [0.05, 0.1) is 0 Å². The minimum atomic E-state index is 0.740. The summed E-state index contributed by atoms with van der Waals surface area (Å²) in [4.78, 5) is 1.54. The maximum absolute atomic E-state index is 3.80. The average molecular weight is 358 g/mol. The van der Waals surface area contributed by atoms with E-state index in [-0.39, 0.29) is 0 Å². The fourth-order valence-electron chi connectivity index (χ4n) is 3.57. The zero-order valence-electron chi connectivity index (χ0n) is 12.8. The Labute approximate surface area is 136 Å². The fourth-order valence-corrected chi connectivity index (χ4v) is 5.12. The Morgan fingerprint density at radius 1 is 1.30 bits per heavy atom. The fraction of sp³-hybridized carbons (Fsp3) is 0.765. The van der Waals surface area contributed by atoms with Gasteiger partial charge < -0.3 is 5.32 Å². The van der Waals surface area contributed by atoms with Crippen molar-refractivity contribution in [2.45, 2.75) is 64.8 Å². The molecule has 0 bridgehead atoms. The van der Waals surface area contributed by atoms with Crippen molar-refractivity contribution >= 4 is 27.3 Å². The molecular formula is C17H28BrNS. The van der Waals surface area contributed by atoms with Crippen LogP contribution < -0.4 is 5.32 Å². The molecule has 1 aromatic heterocycles. The van der Waals surface area contributed by atoms with E-state index < -0.39 is 0 Å². The first-order chi connectivity index (χ1) is 9.72. The number of thiophene rings is 1. The highest BCUT2D eigenvalue weighted by molar-refractivity contribution is 9.10. The lowest BCUT2D eigenvalue weighted by atomic mass is 9.74. The van der Waals surface area contributed by atoms with Crippen molar-refractivity contribution in [3.8, 4) is 0 Å². The normalized spacial score (nSPS) is 26.9. The van der Waals surface area contributed by atoms with E-state index in [4.69, 9.17) is 0 Å². The molecule has 1 fully saturated rings. The quantitative estimate of drug-likeness (QED) is 0.665. The van der Waals surface area contributed by atoms with Gasteiger partial charge in [-0.25, -0.2) is 0 Å². The molecule has 0 saturated heterocycles. The van der Waals surface area contributed by atoms with Crippen LogP contribution in [-0.4, -0.2) is 12.6 Å². The van der Waals surface area contributed by atoms with Crippen molar-refractivity contribution in [1.29, 1.82) is 0 Å². The van der Waals surface area contributed by atoms with Gasteiger partial charge in [0.2, 0.25) is 0 Å². The molecule has 1 saturated carbocycles. The maximum Gasteiger partial charge on any atom is 0.0285 e. The standard InChI is InChI=1S/C17H28BrNS/c1-3-5-13-6-7-17(19-8-4-2)14(9-13)10-16-11-15(18)12-20-16/h11-14,17,19H,3-10H2,1-2H3. The number of nitrogens with one attached hydrogen (secondary N) is 1. The third-order valence-electron chi connectivity index (χ3n) is 4.53. The van der Waals surface area contributed by atoms with Crippen molar-refractivity contribution in [1.82, 2.24) is 5.32 Å². The first-order valence-corrected chi connectivity index (χ1v) is 9.86. The van der Waals surface area contributed by atoms with Crippen LogP contribution in [0, 0.1) is 11.8 Å². The van der Waals surface area contributed by atoms with E-state index >= 15 is 0 Å². The lowest BCUT2D eigenvalue weighted by Gasteiger charge is -2.37. The molecule has 1 aliphatic rings. The molecular weight excluding hydrogens is 330 g/mol. The van der Waals surface area contributed by atoms with Crippen LogP contribution >= 0.6 is 27.3 Å². The van der Waals surface area contributed by atoms with Crippen LogP contribution in [0.25, 0.3) is 0 Å². The molecule has 114 valence electrons. The summed E-state index contributed by atoms with van der Waals surface area (Å²) in [5, 5.41) is 6.02. The van der Waals surface area contributed by atoms with E-state index in [0.29, 0.717) is 0 Å². The summed E-state index contributed by atoms with van der Waals surface area (Å²) in [5.41, 5.74) is 0. The molecule has 1 aromatic rings. The molecule has 1 heterocycles. The summed E-state index contributed by atoms with van der Waals surface area (Å²) < 4.78 is 1.25. The average Bonchev–Trinajstić information content (AvgIpc) is 2.84. The lowest BCUT2D eigenvalue weighted by Crippen LogP contribution is -2.41. The van der Waals surface area contributed by atoms with Gasteiger partial charge in [0.25, 0.3) is 0 Å². The Kier molecular flexibility index (Phi) is 7.06. The smallest absolute Gasteiger partial charge is 0.0285 e. The van der Waals surface area contributed by atoms with Gasteiger partial charge in [0.1, 0.15) is 0 Å². The summed E-state index contributed by atoms with van der Waals surface area (Å²) in [6, 6.07) is 3.05. The summed E-state index contributed by atoms with van der Waals surface area (Å²) in [6.45, 7) is 5.77. The largest absolute Gasteiger partial charge is 0.314 e. The van der Waals surface area contributed by atoms with Gasteiger partial charge in [0, 0.05) is 20.8 Å².